The molecule has 0 radical (unpaired) electrons. The van der Waals surface area contributed by atoms with Crippen molar-refractivity contribution in [3.05, 3.63) is 58.5 Å². The molecule has 0 aromatic carbocycles. The quantitative estimate of drug-likeness (QED) is 0.554. The van der Waals surface area contributed by atoms with E-state index in [0.29, 0.717) is 10.8 Å². The van der Waals surface area contributed by atoms with Gasteiger partial charge in [0.15, 0.2) is 5.78 Å². The molecule has 1 aliphatic heterocycles. The smallest absolute Gasteiger partial charge is 0.168 e. The lowest BCUT2D eigenvalue weighted by atomic mass is 9.91. The minimum atomic E-state index is 0.0122. The summed E-state index contributed by atoms with van der Waals surface area (Å²) in [5.41, 5.74) is 0.801. The van der Waals surface area contributed by atoms with Gasteiger partial charge >= 0.3 is 0 Å². The standard InChI is InChI=1S/C14H13ClOS/c1-2-5-11(15)8-10-9-17-13-7-4-3-6-12(13)14(10)16/h2-5,7-8,12H,1,6,9H2/b10-8+,11-5+/t12-/m1/s1. The van der Waals surface area contributed by atoms with Crippen LogP contribution in [0.1, 0.15) is 6.42 Å². The zero-order chi connectivity index (χ0) is 12.3. The van der Waals surface area contributed by atoms with Crippen LogP contribution in [0.4, 0.5) is 0 Å². The predicted octanol–water partition coefficient (Wildman–Crippen LogP) is 4.00. The van der Waals surface area contributed by atoms with Crippen molar-refractivity contribution in [3.8, 4) is 0 Å². The Morgan fingerprint density at radius 1 is 1.59 bits per heavy atom. The van der Waals surface area contributed by atoms with Crippen LogP contribution in [0, 0.1) is 5.92 Å². The molecule has 1 atom stereocenters. The average Bonchev–Trinajstić information content (AvgIpc) is 2.33. The number of hydrogen-bond donors (Lipinski definition) is 0. The summed E-state index contributed by atoms with van der Waals surface area (Å²) in [7, 11) is 0. The molecule has 0 aromatic rings. The molecule has 1 saturated heterocycles. The summed E-state index contributed by atoms with van der Waals surface area (Å²) in [6.45, 7) is 3.58. The van der Waals surface area contributed by atoms with E-state index in [2.05, 4.69) is 6.58 Å². The minimum absolute atomic E-state index is 0.0122. The highest BCUT2D eigenvalue weighted by Gasteiger charge is 2.30. The third-order valence-electron chi connectivity index (χ3n) is 2.73. The van der Waals surface area contributed by atoms with Crippen LogP contribution < -0.4 is 0 Å². The number of allylic oxidation sites excluding steroid dienone is 8. The fraction of sp³-hybridized carbons (Fsp3) is 0.214. The molecule has 0 bridgehead atoms. The van der Waals surface area contributed by atoms with Gasteiger partial charge in [0.1, 0.15) is 0 Å². The van der Waals surface area contributed by atoms with Gasteiger partial charge in [-0.3, -0.25) is 4.79 Å². The van der Waals surface area contributed by atoms with E-state index in [1.165, 1.54) is 4.91 Å². The van der Waals surface area contributed by atoms with Crippen molar-refractivity contribution in [2.75, 3.05) is 5.75 Å². The van der Waals surface area contributed by atoms with Crippen molar-refractivity contribution in [1.29, 1.82) is 0 Å². The van der Waals surface area contributed by atoms with Crippen LogP contribution >= 0.6 is 23.4 Å². The summed E-state index contributed by atoms with van der Waals surface area (Å²) in [5, 5.41) is 0.558. The van der Waals surface area contributed by atoms with Crippen molar-refractivity contribution in [2.24, 2.45) is 5.92 Å². The van der Waals surface area contributed by atoms with Crippen LogP contribution in [0.5, 0.6) is 0 Å². The number of rotatable bonds is 2. The fourth-order valence-corrected chi connectivity index (χ4v) is 3.24. The molecule has 2 aliphatic rings. The summed E-state index contributed by atoms with van der Waals surface area (Å²) >= 11 is 7.71. The zero-order valence-electron chi connectivity index (χ0n) is 9.36. The Morgan fingerprint density at radius 3 is 3.18 bits per heavy atom. The monoisotopic (exact) mass is 264 g/mol. The van der Waals surface area contributed by atoms with E-state index in [9.17, 15) is 4.79 Å². The number of hydrogen-bond acceptors (Lipinski definition) is 2. The van der Waals surface area contributed by atoms with Gasteiger partial charge in [-0.05, 0) is 23.5 Å². The lowest BCUT2D eigenvalue weighted by molar-refractivity contribution is -0.118. The molecular weight excluding hydrogens is 252 g/mol. The number of fused-ring (bicyclic) bond motifs is 1. The Bertz CT molecular complexity index is 469. The molecule has 0 N–H and O–H groups in total. The molecule has 0 amide bonds. The summed E-state index contributed by atoms with van der Waals surface area (Å²) in [5.74, 6) is 0.920. The van der Waals surface area contributed by atoms with Gasteiger partial charge in [0, 0.05) is 16.4 Å². The molecule has 17 heavy (non-hydrogen) atoms. The Morgan fingerprint density at radius 2 is 2.41 bits per heavy atom. The van der Waals surface area contributed by atoms with E-state index >= 15 is 0 Å². The fourth-order valence-electron chi connectivity index (χ4n) is 1.89. The van der Waals surface area contributed by atoms with Gasteiger partial charge in [-0.2, -0.15) is 0 Å². The molecule has 0 saturated carbocycles. The van der Waals surface area contributed by atoms with Gasteiger partial charge in [-0.25, -0.2) is 0 Å². The number of carbonyl (C=O) groups is 1. The topological polar surface area (TPSA) is 17.1 Å². The first-order chi connectivity index (χ1) is 8.22. The van der Waals surface area contributed by atoms with Crippen molar-refractivity contribution < 1.29 is 4.79 Å². The summed E-state index contributed by atoms with van der Waals surface area (Å²) in [6, 6.07) is 0. The second-order valence-electron chi connectivity index (χ2n) is 3.90. The van der Waals surface area contributed by atoms with Gasteiger partial charge in [-0.15, -0.1) is 11.8 Å². The van der Waals surface area contributed by atoms with E-state index in [1.807, 2.05) is 18.2 Å². The molecular formula is C14H13ClOS. The van der Waals surface area contributed by atoms with Crippen LogP contribution in [-0.4, -0.2) is 11.5 Å². The van der Waals surface area contributed by atoms with Gasteiger partial charge in [0.25, 0.3) is 0 Å². The van der Waals surface area contributed by atoms with E-state index < -0.39 is 0 Å². The maximum atomic E-state index is 12.2. The van der Waals surface area contributed by atoms with E-state index in [4.69, 9.17) is 11.6 Å². The highest BCUT2D eigenvalue weighted by atomic mass is 35.5. The second-order valence-corrected chi connectivity index (χ2v) is 5.38. The summed E-state index contributed by atoms with van der Waals surface area (Å²) in [4.78, 5) is 13.4. The number of Topliss-reactive ketones (excluding diaryl/α,β-unsaturated/α-hetero) is 1. The number of halogens is 1. The number of ketones is 1. The Hall–Kier alpha value is -0.990. The molecule has 1 heterocycles. The van der Waals surface area contributed by atoms with Crippen LogP contribution in [0.3, 0.4) is 0 Å². The highest BCUT2D eigenvalue weighted by Crippen LogP contribution is 2.39. The van der Waals surface area contributed by atoms with Gasteiger partial charge in [0.05, 0.1) is 5.92 Å². The Kier molecular flexibility index (Phi) is 4.08. The average molecular weight is 265 g/mol. The van der Waals surface area contributed by atoms with Gasteiger partial charge in [0.2, 0.25) is 0 Å². The molecule has 0 unspecified atom stereocenters. The largest absolute Gasteiger partial charge is 0.294 e. The van der Waals surface area contributed by atoms with Crippen molar-refractivity contribution in [3.63, 3.8) is 0 Å². The van der Waals surface area contributed by atoms with Crippen molar-refractivity contribution >= 4 is 29.1 Å². The summed E-state index contributed by atoms with van der Waals surface area (Å²) < 4.78 is 0. The first-order valence-electron chi connectivity index (χ1n) is 5.45. The maximum Gasteiger partial charge on any atom is 0.168 e. The molecule has 0 aromatic heterocycles. The first kappa shape index (κ1) is 12.5. The van der Waals surface area contributed by atoms with Crippen molar-refractivity contribution in [1.82, 2.24) is 0 Å². The Balaban J connectivity index is 2.22. The van der Waals surface area contributed by atoms with E-state index in [-0.39, 0.29) is 11.7 Å². The SMILES string of the molecule is C=C/C=C(Cl)\C=C1/CSC2=CC=CC[C@H]2C1=O. The third-order valence-corrected chi connectivity index (χ3v) is 4.17. The molecule has 1 aliphatic carbocycles. The lowest BCUT2D eigenvalue weighted by Gasteiger charge is -2.26. The molecule has 3 heteroatoms. The second kappa shape index (κ2) is 5.56. The molecule has 0 spiro atoms. The minimum Gasteiger partial charge on any atom is -0.294 e. The highest BCUT2D eigenvalue weighted by molar-refractivity contribution is 8.03. The van der Waals surface area contributed by atoms with E-state index in [0.717, 1.165) is 12.0 Å². The zero-order valence-corrected chi connectivity index (χ0v) is 10.9. The maximum absolute atomic E-state index is 12.2. The number of thioether (sulfide) groups is 1. The summed E-state index contributed by atoms with van der Waals surface area (Å²) in [6.07, 6.45) is 12.0. The van der Waals surface area contributed by atoms with Crippen molar-refractivity contribution in [2.45, 2.75) is 6.42 Å². The number of carbonyl (C=O) groups excluding carboxylic acids is 1. The lowest BCUT2D eigenvalue weighted by Crippen LogP contribution is -2.24. The Labute approximate surface area is 111 Å². The molecule has 2 rings (SSSR count). The molecule has 88 valence electrons. The van der Waals surface area contributed by atoms with Crippen LogP contribution in [0.25, 0.3) is 0 Å². The van der Waals surface area contributed by atoms with Gasteiger partial charge in [-0.1, -0.05) is 42.5 Å². The first-order valence-corrected chi connectivity index (χ1v) is 6.81. The molecule has 1 fully saturated rings. The van der Waals surface area contributed by atoms with Crippen LogP contribution in [0.15, 0.2) is 58.5 Å². The van der Waals surface area contributed by atoms with Crippen LogP contribution in [0.2, 0.25) is 0 Å². The normalized spacial score (nSPS) is 26.8. The molecule has 1 nitrogen and oxygen atoms in total. The van der Waals surface area contributed by atoms with E-state index in [1.54, 1.807) is 30.0 Å². The van der Waals surface area contributed by atoms with Gasteiger partial charge < -0.3 is 0 Å². The van der Waals surface area contributed by atoms with Crippen LogP contribution in [-0.2, 0) is 4.79 Å². The predicted molar refractivity (Wildman–Crippen MR) is 75.0 cm³/mol. The third kappa shape index (κ3) is 2.82.